The summed E-state index contributed by atoms with van der Waals surface area (Å²) < 4.78 is 1.70. The van der Waals surface area contributed by atoms with Gasteiger partial charge in [-0.05, 0) is 30.7 Å². The maximum atomic E-state index is 12.8. The molecule has 1 N–H and O–H groups in total. The molecular weight excluding hydrogens is 360 g/mol. The average molecular weight is 378 g/mol. The summed E-state index contributed by atoms with van der Waals surface area (Å²) in [4.78, 5) is 37.1. The minimum Gasteiger partial charge on any atom is -0.309 e. The van der Waals surface area contributed by atoms with Gasteiger partial charge in [0.2, 0.25) is 0 Å². The summed E-state index contributed by atoms with van der Waals surface area (Å²) in [6, 6.07) is 14.6. The second-order valence-corrected chi connectivity index (χ2v) is 7.13. The molecule has 0 amide bonds. The first-order valence-corrected chi connectivity index (χ1v) is 9.76. The molecule has 0 aliphatic carbocycles. The number of hydrogen-bond donors (Lipinski definition) is 1. The first-order chi connectivity index (χ1) is 13.2. The van der Waals surface area contributed by atoms with Crippen LogP contribution in [0.4, 0.5) is 0 Å². The number of aromatic nitrogens is 4. The van der Waals surface area contributed by atoms with Crippen LogP contribution in [0.15, 0.2) is 63.3 Å². The Bertz CT molecular complexity index is 1250. The minimum atomic E-state index is -0.159. The van der Waals surface area contributed by atoms with Crippen molar-refractivity contribution in [2.24, 2.45) is 0 Å². The van der Waals surface area contributed by atoms with E-state index in [1.807, 2.05) is 43.3 Å². The van der Waals surface area contributed by atoms with E-state index < -0.39 is 0 Å². The normalized spacial score (nSPS) is 11.3. The van der Waals surface area contributed by atoms with Gasteiger partial charge in [0, 0.05) is 6.54 Å². The summed E-state index contributed by atoms with van der Waals surface area (Å²) in [5.41, 5.74) is 1.14. The molecule has 4 rings (SSSR count). The number of nitrogens with zero attached hydrogens (tertiary/aromatic N) is 3. The fraction of sp³-hybridized carbons (Fsp3) is 0.200. The Morgan fingerprint density at radius 1 is 0.963 bits per heavy atom. The van der Waals surface area contributed by atoms with Crippen molar-refractivity contribution in [3.05, 3.63) is 75.1 Å². The first-order valence-electron chi connectivity index (χ1n) is 8.77. The lowest BCUT2D eigenvalue weighted by Gasteiger charge is -2.12. The van der Waals surface area contributed by atoms with Crippen LogP contribution >= 0.6 is 11.8 Å². The molecule has 2 aromatic heterocycles. The SMILES string of the molecule is CCCn1c(SCc2nc3ccccc3c(=O)[nH]2)nc2ccccc2c1=O. The third-order valence-electron chi connectivity index (χ3n) is 4.27. The number of H-pyrrole nitrogens is 1. The number of aromatic amines is 1. The molecule has 0 radical (unpaired) electrons. The van der Waals surface area contributed by atoms with Crippen LogP contribution in [0.5, 0.6) is 0 Å². The van der Waals surface area contributed by atoms with Crippen LogP contribution in [0.1, 0.15) is 19.2 Å². The Balaban J connectivity index is 1.72. The largest absolute Gasteiger partial charge is 0.309 e. The number of thioether (sulfide) groups is 1. The van der Waals surface area contributed by atoms with Gasteiger partial charge in [0.15, 0.2) is 5.16 Å². The molecule has 0 fully saturated rings. The number of fused-ring (bicyclic) bond motifs is 2. The zero-order valence-corrected chi connectivity index (χ0v) is 15.6. The Morgan fingerprint density at radius 3 is 2.37 bits per heavy atom. The van der Waals surface area contributed by atoms with Crippen molar-refractivity contribution in [2.75, 3.05) is 0 Å². The second-order valence-electron chi connectivity index (χ2n) is 6.19. The second kappa shape index (κ2) is 7.36. The van der Waals surface area contributed by atoms with E-state index in [9.17, 15) is 9.59 Å². The number of benzene rings is 2. The van der Waals surface area contributed by atoms with Crippen molar-refractivity contribution in [1.82, 2.24) is 19.5 Å². The Morgan fingerprint density at radius 2 is 1.63 bits per heavy atom. The average Bonchev–Trinajstić information content (AvgIpc) is 2.69. The molecule has 0 aliphatic rings. The van der Waals surface area contributed by atoms with E-state index in [2.05, 4.69) is 15.0 Å². The minimum absolute atomic E-state index is 0.0371. The number of hydrogen-bond acceptors (Lipinski definition) is 5. The van der Waals surface area contributed by atoms with Crippen LogP contribution in [-0.2, 0) is 12.3 Å². The highest BCUT2D eigenvalue weighted by Crippen LogP contribution is 2.21. The van der Waals surface area contributed by atoms with Gasteiger partial charge in [-0.25, -0.2) is 9.97 Å². The van der Waals surface area contributed by atoms with Crippen LogP contribution < -0.4 is 11.1 Å². The van der Waals surface area contributed by atoms with Gasteiger partial charge >= 0.3 is 0 Å². The lowest BCUT2D eigenvalue weighted by molar-refractivity contribution is 0.584. The third kappa shape index (κ3) is 3.38. The standard InChI is InChI=1S/C20H18N4O2S/c1-2-11-24-19(26)14-8-4-6-10-16(14)22-20(24)27-12-17-21-15-9-5-3-7-13(15)18(25)23-17/h3-10H,2,11-12H2,1H3,(H,21,23,25). The highest BCUT2D eigenvalue weighted by atomic mass is 32.2. The van der Waals surface area contributed by atoms with E-state index in [1.165, 1.54) is 11.8 Å². The maximum absolute atomic E-state index is 12.8. The molecule has 0 saturated carbocycles. The topological polar surface area (TPSA) is 80.6 Å². The van der Waals surface area contributed by atoms with Gasteiger partial charge < -0.3 is 4.98 Å². The summed E-state index contributed by atoms with van der Waals surface area (Å²) in [7, 11) is 0. The molecule has 4 aromatic rings. The van der Waals surface area contributed by atoms with Crippen molar-refractivity contribution >= 4 is 33.6 Å². The van der Waals surface area contributed by atoms with Crippen molar-refractivity contribution in [3.8, 4) is 0 Å². The molecule has 0 atom stereocenters. The molecule has 0 unspecified atom stereocenters. The molecule has 7 heteroatoms. The van der Waals surface area contributed by atoms with E-state index in [0.29, 0.717) is 45.1 Å². The Labute approximate surface area is 159 Å². The van der Waals surface area contributed by atoms with Crippen LogP contribution in [0, 0.1) is 0 Å². The van der Waals surface area contributed by atoms with Crippen LogP contribution in [0.3, 0.4) is 0 Å². The van der Waals surface area contributed by atoms with Gasteiger partial charge in [-0.1, -0.05) is 43.0 Å². The zero-order chi connectivity index (χ0) is 18.8. The number of rotatable bonds is 5. The number of nitrogens with one attached hydrogen (secondary N) is 1. The van der Waals surface area contributed by atoms with Crippen molar-refractivity contribution in [1.29, 1.82) is 0 Å². The van der Waals surface area contributed by atoms with Crippen molar-refractivity contribution < 1.29 is 0 Å². The molecule has 0 aliphatic heterocycles. The van der Waals surface area contributed by atoms with Crippen LogP contribution in [0.2, 0.25) is 0 Å². The smallest absolute Gasteiger partial charge is 0.262 e. The predicted octanol–water partition coefficient (Wildman–Crippen LogP) is 3.34. The van der Waals surface area contributed by atoms with Gasteiger partial charge in [-0.15, -0.1) is 0 Å². The lowest BCUT2D eigenvalue weighted by atomic mass is 10.2. The molecule has 6 nitrogen and oxygen atoms in total. The maximum Gasteiger partial charge on any atom is 0.262 e. The van der Waals surface area contributed by atoms with Crippen LogP contribution in [0.25, 0.3) is 21.8 Å². The first kappa shape index (κ1) is 17.5. The summed E-state index contributed by atoms with van der Waals surface area (Å²) in [6.45, 7) is 2.62. The molecule has 2 heterocycles. The van der Waals surface area contributed by atoms with Gasteiger partial charge in [0.25, 0.3) is 11.1 Å². The highest BCUT2D eigenvalue weighted by molar-refractivity contribution is 7.98. The molecule has 0 spiro atoms. The molecule has 0 bridgehead atoms. The number of para-hydroxylation sites is 2. The van der Waals surface area contributed by atoms with Gasteiger partial charge in [0.05, 0.1) is 27.6 Å². The Hall–Kier alpha value is -2.93. The fourth-order valence-corrected chi connectivity index (χ4v) is 3.91. The molecule has 0 saturated heterocycles. The van der Waals surface area contributed by atoms with E-state index >= 15 is 0 Å². The zero-order valence-electron chi connectivity index (χ0n) is 14.8. The van der Waals surface area contributed by atoms with E-state index in [-0.39, 0.29) is 11.1 Å². The quantitative estimate of drug-likeness (QED) is 0.426. The van der Waals surface area contributed by atoms with Crippen molar-refractivity contribution in [3.63, 3.8) is 0 Å². The summed E-state index contributed by atoms with van der Waals surface area (Å²) >= 11 is 1.41. The monoisotopic (exact) mass is 378 g/mol. The Kier molecular flexibility index (Phi) is 4.77. The molecule has 136 valence electrons. The lowest BCUT2D eigenvalue weighted by Crippen LogP contribution is -2.23. The summed E-state index contributed by atoms with van der Waals surface area (Å²) in [6.07, 6.45) is 0.832. The van der Waals surface area contributed by atoms with Gasteiger partial charge in [-0.3, -0.25) is 14.2 Å². The van der Waals surface area contributed by atoms with Gasteiger partial charge in [-0.2, -0.15) is 0 Å². The third-order valence-corrected chi connectivity index (χ3v) is 5.26. The van der Waals surface area contributed by atoms with E-state index in [4.69, 9.17) is 0 Å². The van der Waals surface area contributed by atoms with E-state index in [0.717, 1.165) is 6.42 Å². The highest BCUT2D eigenvalue weighted by Gasteiger charge is 2.12. The van der Waals surface area contributed by atoms with Gasteiger partial charge in [0.1, 0.15) is 5.82 Å². The van der Waals surface area contributed by atoms with E-state index in [1.54, 1.807) is 16.7 Å². The van der Waals surface area contributed by atoms with Crippen LogP contribution in [-0.4, -0.2) is 19.5 Å². The predicted molar refractivity (Wildman–Crippen MR) is 108 cm³/mol. The summed E-state index contributed by atoms with van der Waals surface area (Å²) in [5.74, 6) is 0.989. The molecule has 27 heavy (non-hydrogen) atoms. The van der Waals surface area contributed by atoms with Crippen molar-refractivity contribution in [2.45, 2.75) is 30.8 Å². The molecular formula is C20H18N4O2S. The summed E-state index contributed by atoms with van der Waals surface area (Å²) in [5, 5.41) is 1.82. The fourth-order valence-electron chi connectivity index (χ4n) is 3.01. The molecule has 2 aromatic carbocycles.